The predicted octanol–water partition coefficient (Wildman–Crippen LogP) is 3.20. The van der Waals surface area contributed by atoms with Gasteiger partial charge >= 0.3 is 6.18 Å². The second-order valence-corrected chi connectivity index (χ2v) is 4.95. The maximum absolute atomic E-state index is 12.9. The van der Waals surface area contributed by atoms with Crippen LogP contribution < -0.4 is 11.1 Å². The summed E-state index contributed by atoms with van der Waals surface area (Å²) < 4.78 is 38.6. The SMILES string of the molecule is NC1C=CC(C(=O)Nc2c(Cl)cccc2C(F)(F)F)C1. The molecular weight excluding hydrogens is 293 g/mol. The summed E-state index contributed by atoms with van der Waals surface area (Å²) in [6, 6.07) is 3.10. The van der Waals surface area contributed by atoms with Gasteiger partial charge < -0.3 is 11.1 Å². The number of nitrogens with two attached hydrogens (primary N) is 1. The fourth-order valence-corrected chi connectivity index (χ4v) is 2.25. The topological polar surface area (TPSA) is 55.1 Å². The molecule has 1 aliphatic rings. The Balaban J connectivity index is 2.25. The molecule has 20 heavy (non-hydrogen) atoms. The van der Waals surface area contributed by atoms with Crippen LogP contribution in [0.2, 0.25) is 5.02 Å². The van der Waals surface area contributed by atoms with Crippen molar-refractivity contribution in [3.05, 3.63) is 40.9 Å². The normalized spacial score (nSPS) is 22.1. The van der Waals surface area contributed by atoms with Crippen molar-refractivity contribution < 1.29 is 18.0 Å². The number of anilines is 1. The first kappa shape index (κ1) is 14.9. The summed E-state index contributed by atoms with van der Waals surface area (Å²) in [7, 11) is 0. The molecule has 0 aliphatic heterocycles. The summed E-state index contributed by atoms with van der Waals surface area (Å²) in [4.78, 5) is 11.9. The number of carbonyl (C=O) groups is 1. The van der Waals surface area contributed by atoms with E-state index >= 15 is 0 Å². The Hall–Kier alpha value is -1.53. The van der Waals surface area contributed by atoms with Crippen LogP contribution in [-0.4, -0.2) is 11.9 Å². The third kappa shape index (κ3) is 3.13. The van der Waals surface area contributed by atoms with Crippen LogP contribution in [0.5, 0.6) is 0 Å². The predicted molar refractivity (Wildman–Crippen MR) is 70.3 cm³/mol. The number of halogens is 4. The molecule has 0 radical (unpaired) electrons. The van der Waals surface area contributed by atoms with Gasteiger partial charge in [-0.05, 0) is 18.6 Å². The molecule has 1 amide bonds. The lowest BCUT2D eigenvalue weighted by atomic mass is 10.1. The molecule has 0 aromatic heterocycles. The van der Waals surface area contributed by atoms with Gasteiger partial charge in [0, 0.05) is 6.04 Å². The zero-order chi connectivity index (χ0) is 14.9. The van der Waals surface area contributed by atoms with Crippen molar-refractivity contribution in [1.29, 1.82) is 0 Å². The first-order valence-electron chi connectivity index (χ1n) is 5.89. The quantitative estimate of drug-likeness (QED) is 0.824. The molecule has 3 N–H and O–H groups in total. The van der Waals surface area contributed by atoms with E-state index in [4.69, 9.17) is 17.3 Å². The zero-order valence-electron chi connectivity index (χ0n) is 10.2. The summed E-state index contributed by atoms with van der Waals surface area (Å²) >= 11 is 5.76. The first-order chi connectivity index (χ1) is 9.29. The molecule has 7 heteroatoms. The number of carbonyl (C=O) groups excluding carboxylic acids is 1. The van der Waals surface area contributed by atoms with Crippen LogP contribution in [0, 0.1) is 5.92 Å². The molecule has 1 aromatic carbocycles. The number of hydrogen-bond acceptors (Lipinski definition) is 2. The molecule has 1 aromatic rings. The fourth-order valence-electron chi connectivity index (χ4n) is 2.02. The van der Waals surface area contributed by atoms with E-state index < -0.39 is 29.3 Å². The summed E-state index contributed by atoms with van der Waals surface area (Å²) in [5.74, 6) is -1.09. The van der Waals surface area contributed by atoms with Crippen LogP contribution in [0.15, 0.2) is 30.4 Å². The van der Waals surface area contributed by atoms with Gasteiger partial charge in [0.1, 0.15) is 0 Å². The molecule has 1 aliphatic carbocycles. The van der Waals surface area contributed by atoms with E-state index in [0.29, 0.717) is 6.42 Å². The van der Waals surface area contributed by atoms with Crippen LogP contribution in [0.1, 0.15) is 12.0 Å². The van der Waals surface area contributed by atoms with Crippen molar-refractivity contribution in [2.75, 3.05) is 5.32 Å². The highest BCUT2D eigenvalue weighted by atomic mass is 35.5. The van der Waals surface area contributed by atoms with Gasteiger partial charge in [-0.1, -0.05) is 29.8 Å². The van der Waals surface area contributed by atoms with Crippen LogP contribution in [0.3, 0.4) is 0 Å². The Kier molecular flexibility index (Phi) is 4.06. The first-order valence-corrected chi connectivity index (χ1v) is 6.27. The average Bonchev–Trinajstić information content (AvgIpc) is 2.77. The average molecular weight is 305 g/mol. The zero-order valence-corrected chi connectivity index (χ0v) is 11.0. The summed E-state index contributed by atoms with van der Waals surface area (Å²) in [5.41, 5.74) is 4.23. The van der Waals surface area contributed by atoms with Gasteiger partial charge in [-0.25, -0.2) is 0 Å². The standard InChI is InChI=1S/C13H12ClF3N2O/c14-10-3-1-2-9(13(15,16)17)11(10)19-12(20)7-4-5-8(18)6-7/h1-5,7-8H,6,18H2,(H,19,20). The molecule has 0 fully saturated rings. The summed E-state index contributed by atoms with van der Waals surface area (Å²) in [6.45, 7) is 0. The van der Waals surface area contributed by atoms with Crippen molar-refractivity contribution >= 4 is 23.2 Å². The van der Waals surface area contributed by atoms with Gasteiger partial charge in [-0.15, -0.1) is 0 Å². The summed E-state index contributed by atoms with van der Waals surface area (Å²) in [5, 5.41) is 2.10. The molecule has 108 valence electrons. The molecular formula is C13H12ClF3N2O. The van der Waals surface area contributed by atoms with Crippen molar-refractivity contribution in [2.45, 2.75) is 18.6 Å². The maximum Gasteiger partial charge on any atom is 0.418 e. The van der Waals surface area contributed by atoms with E-state index in [1.165, 1.54) is 12.1 Å². The Labute approximate surface area is 118 Å². The smallest absolute Gasteiger partial charge is 0.324 e. The largest absolute Gasteiger partial charge is 0.418 e. The van der Waals surface area contributed by atoms with E-state index in [1.807, 2.05) is 0 Å². The van der Waals surface area contributed by atoms with Crippen molar-refractivity contribution in [3.63, 3.8) is 0 Å². The van der Waals surface area contributed by atoms with E-state index in [1.54, 1.807) is 12.2 Å². The van der Waals surface area contributed by atoms with Crippen LogP contribution in [-0.2, 0) is 11.0 Å². The number of benzene rings is 1. The van der Waals surface area contributed by atoms with Crippen molar-refractivity contribution in [2.24, 2.45) is 11.7 Å². The van der Waals surface area contributed by atoms with Crippen LogP contribution in [0.25, 0.3) is 0 Å². The molecule has 3 nitrogen and oxygen atoms in total. The molecule has 0 bridgehead atoms. The summed E-state index contributed by atoms with van der Waals surface area (Å²) in [6.07, 6.45) is -0.974. The Morgan fingerprint density at radius 3 is 2.60 bits per heavy atom. The molecule has 2 atom stereocenters. The van der Waals surface area contributed by atoms with Gasteiger partial charge in [0.2, 0.25) is 5.91 Å². The van der Waals surface area contributed by atoms with Gasteiger partial charge in [-0.3, -0.25) is 4.79 Å². The maximum atomic E-state index is 12.9. The van der Waals surface area contributed by atoms with E-state index in [0.717, 1.165) is 6.07 Å². The molecule has 0 spiro atoms. The Bertz CT molecular complexity index is 557. The molecule has 0 heterocycles. The van der Waals surface area contributed by atoms with Crippen molar-refractivity contribution in [1.82, 2.24) is 0 Å². The van der Waals surface area contributed by atoms with E-state index in [-0.39, 0.29) is 11.1 Å². The Morgan fingerprint density at radius 2 is 2.05 bits per heavy atom. The molecule has 0 saturated heterocycles. The second-order valence-electron chi connectivity index (χ2n) is 4.54. The third-order valence-electron chi connectivity index (χ3n) is 3.02. The number of rotatable bonds is 2. The number of para-hydroxylation sites is 1. The highest BCUT2D eigenvalue weighted by molar-refractivity contribution is 6.34. The van der Waals surface area contributed by atoms with Crippen molar-refractivity contribution in [3.8, 4) is 0 Å². The van der Waals surface area contributed by atoms with Gasteiger partial charge in [-0.2, -0.15) is 13.2 Å². The minimum absolute atomic E-state index is 0.153. The highest BCUT2D eigenvalue weighted by Gasteiger charge is 2.35. The molecule has 2 unspecified atom stereocenters. The number of amides is 1. The molecule has 2 rings (SSSR count). The van der Waals surface area contributed by atoms with Gasteiger partial charge in [0.25, 0.3) is 0 Å². The third-order valence-corrected chi connectivity index (χ3v) is 3.34. The Morgan fingerprint density at radius 1 is 1.35 bits per heavy atom. The minimum Gasteiger partial charge on any atom is -0.324 e. The lowest BCUT2D eigenvalue weighted by Gasteiger charge is -2.17. The highest BCUT2D eigenvalue weighted by Crippen LogP contribution is 2.38. The number of nitrogens with one attached hydrogen (secondary N) is 1. The number of hydrogen-bond donors (Lipinski definition) is 2. The number of alkyl halides is 3. The lowest BCUT2D eigenvalue weighted by molar-refractivity contribution is -0.137. The lowest BCUT2D eigenvalue weighted by Crippen LogP contribution is -2.25. The second kappa shape index (κ2) is 5.46. The minimum atomic E-state index is -4.59. The van der Waals surface area contributed by atoms with Gasteiger partial charge in [0.05, 0.1) is 22.2 Å². The van der Waals surface area contributed by atoms with E-state index in [2.05, 4.69) is 5.32 Å². The molecule has 0 saturated carbocycles. The van der Waals surface area contributed by atoms with Crippen LogP contribution in [0.4, 0.5) is 18.9 Å². The monoisotopic (exact) mass is 304 g/mol. The van der Waals surface area contributed by atoms with Crippen LogP contribution >= 0.6 is 11.6 Å². The van der Waals surface area contributed by atoms with Gasteiger partial charge in [0.15, 0.2) is 0 Å². The van der Waals surface area contributed by atoms with E-state index in [9.17, 15) is 18.0 Å². The fraction of sp³-hybridized carbons (Fsp3) is 0.308.